The van der Waals surface area contributed by atoms with E-state index in [1.165, 1.54) is 4.31 Å². The number of halogens is 2. The summed E-state index contributed by atoms with van der Waals surface area (Å²) in [6, 6.07) is 5.61. The zero-order valence-corrected chi connectivity index (χ0v) is 16.6. The van der Waals surface area contributed by atoms with Crippen LogP contribution in [0.1, 0.15) is 18.4 Å². The molecular formula is C16H18BrClN2O4S. The van der Waals surface area contributed by atoms with Crippen LogP contribution < -0.4 is 4.90 Å². The number of rotatable bonds is 4. The Bertz CT molecular complexity index is 806. The number of hydrogen-bond donors (Lipinski definition) is 0. The van der Waals surface area contributed by atoms with Gasteiger partial charge in [0.25, 0.3) is 0 Å². The monoisotopic (exact) mass is 448 g/mol. The average molecular weight is 450 g/mol. The number of fused-ring (bicyclic) bond motifs is 1. The second-order valence-electron chi connectivity index (χ2n) is 6.10. The molecule has 0 atom stereocenters. The first kappa shape index (κ1) is 18.7. The molecule has 1 amide bonds. The Labute approximate surface area is 160 Å². The Hall–Kier alpha value is -1.09. The molecule has 2 aliphatic heterocycles. The van der Waals surface area contributed by atoms with Crippen molar-refractivity contribution in [1.29, 1.82) is 0 Å². The molecular weight excluding hydrogens is 432 g/mol. The van der Waals surface area contributed by atoms with Crippen molar-refractivity contribution < 1.29 is 17.9 Å². The fraction of sp³-hybridized carbons (Fsp3) is 0.438. The Morgan fingerprint density at radius 1 is 1.36 bits per heavy atom. The largest absolute Gasteiger partial charge is 0.444 e. The lowest BCUT2D eigenvalue weighted by molar-refractivity contribution is 0.136. The minimum absolute atomic E-state index is 0.0984. The van der Waals surface area contributed by atoms with E-state index < -0.39 is 10.0 Å². The van der Waals surface area contributed by atoms with E-state index in [1.54, 1.807) is 4.90 Å². The van der Waals surface area contributed by atoms with Crippen molar-refractivity contribution in [2.75, 3.05) is 23.7 Å². The molecule has 1 saturated heterocycles. The molecule has 136 valence electrons. The number of benzene rings is 1. The molecule has 2 heterocycles. The van der Waals surface area contributed by atoms with Crippen LogP contribution >= 0.6 is 27.5 Å². The number of anilines is 1. The average Bonchev–Trinajstić information content (AvgIpc) is 2.54. The van der Waals surface area contributed by atoms with E-state index in [0.29, 0.717) is 25.9 Å². The van der Waals surface area contributed by atoms with Gasteiger partial charge >= 0.3 is 6.09 Å². The summed E-state index contributed by atoms with van der Waals surface area (Å²) in [4.78, 5) is 13.9. The van der Waals surface area contributed by atoms with Crippen molar-refractivity contribution in [3.63, 3.8) is 0 Å². The molecule has 0 aromatic heterocycles. The number of amides is 1. The van der Waals surface area contributed by atoms with Gasteiger partial charge in [0.15, 0.2) is 0 Å². The Morgan fingerprint density at radius 2 is 2.04 bits per heavy atom. The predicted octanol–water partition coefficient (Wildman–Crippen LogP) is 3.45. The van der Waals surface area contributed by atoms with Gasteiger partial charge in [-0.25, -0.2) is 17.5 Å². The number of sulfonamides is 1. The van der Waals surface area contributed by atoms with Crippen molar-refractivity contribution in [3.8, 4) is 0 Å². The van der Waals surface area contributed by atoms with Gasteiger partial charge in [0.05, 0.1) is 11.4 Å². The highest BCUT2D eigenvalue weighted by molar-refractivity contribution is 9.10. The number of carbonyl (C=O) groups is 1. The number of carbonyl (C=O) groups excluding carboxylic acids is 1. The number of nitrogens with zero attached hydrogens (tertiary/aromatic N) is 2. The molecule has 25 heavy (non-hydrogen) atoms. The smallest absolute Gasteiger partial charge is 0.414 e. The van der Waals surface area contributed by atoms with Gasteiger partial charge in [-0.2, -0.15) is 0 Å². The van der Waals surface area contributed by atoms with E-state index in [1.807, 2.05) is 18.2 Å². The second-order valence-corrected chi connectivity index (χ2v) is 9.52. The maximum Gasteiger partial charge on any atom is 0.414 e. The van der Waals surface area contributed by atoms with Crippen molar-refractivity contribution >= 4 is 49.3 Å². The van der Waals surface area contributed by atoms with Gasteiger partial charge in [-0.15, -0.1) is 0 Å². The number of ether oxygens (including phenoxy) is 1. The Morgan fingerprint density at radius 3 is 2.68 bits per heavy atom. The van der Waals surface area contributed by atoms with Crippen LogP contribution in [0.15, 0.2) is 34.3 Å². The molecule has 0 spiro atoms. The summed E-state index contributed by atoms with van der Waals surface area (Å²) in [5, 5.41) is 0.0984. The van der Waals surface area contributed by atoms with Crippen molar-refractivity contribution in [3.05, 3.63) is 39.8 Å². The Kier molecular flexibility index (Phi) is 5.43. The fourth-order valence-corrected chi connectivity index (χ4v) is 5.39. The molecule has 0 saturated carbocycles. The summed E-state index contributed by atoms with van der Waals surface area (Å²) in [6.07, 6.45) is 0.697. The lowest BCUT2D eigenvalue weighted by atomic mass is 10.0. The van der Waals surface area contributed by atoms with Gasteiger partial charge < -0.3 is 4.74 Å². The molecule has 9 heteroatoms. The summed E-state index contributed by atoms with van der Waals surface area (Å²) in [6.45, 7) is 4.38. The van der Waals surface area contributed by atoms with Crippen LogP contribution in [0.25, 0.3) is 0 Å². The minimum atomic E-state index is -3.46. The van der Waals surface area contributed by atoms with Crippen LogP contribution in [0.4, 0.5) is 10.5 Å². The molecule has 0 bridgehead atoms. The summed E-state index contributed by atoms with van der Waals surface area (Å²) in [5.74, 6) is -0.262. The van der Waals surface area contributed by atoms with Crippen LogP contribution in [0.3, 0.4) is 0 Å². The van der Waals surface area contributed by atoms with Gasteiger partial charge in [0.2, 0.25) is 10.0 Å². The summed E-state index contributed by atoms with van der Waals surface area (Å²) < 4.78 is 32.1. The first-order valence-corrected chi connectivity index (χ1v) is 10.6. The molecule has 0 radical (unpaired) electrons. The third-order valence-electron chi connectivity index (χ3n) is 4.37. The highest BCUT2D eigenvalue weighted by Crippen LogP contribution is 2.34. The van der Waals surface area contributed by atoms with Crippen molar-refractivity contribution in [1.82, 2.24) is 4.31 Å². The molecule has 1 aromatic carbocycles. The number of cyclic esters (lactones) is 1. The molecule has 0 unspecified atom stereocenters. The van der Waals surface area contributed by atoms with E-state index in [4.69, 9.17) is 16.3 Å². The second kappa shape index (κ2) is 7.26. The van der Waals surface area contributed by atoms with Crippen molar-refractivity contribution in [2.24, 2.45) is 0 Å². The van der Waals surface area contributed by atoms with Gasteiger partial charge in [-0.3, -0.25) is 4.90 Å². The molecule has 3 rings (SSSR count). The Balaban J connectivity index is 1.75. The van der Waals surface area contributed by atoms with Crippen molar-refractivity contribution in [2.45, 2.75) is 25.5 Å². The summed E-state index contributed by atoms with van der Waals surface area (Å²) in [5.41, 5.74) is 1.76. The standard InChI is InChI=1S/C16H18BrClN2O4S/c1-11(18)10-25(22,23)19-6-4-14(5-7-19)20-15-3-2-13(17)8-12(15)9-24-16(20)21/h2-3,8,14H,1,4-7,9-10H2. The zero-order chi connectivity index (χ0) is 18.2. The predicted molar refractivity (Wildman–Crippen MR) is 100 cm³/mol. The first-order chi connectivity index (χ1) is 11.8. The van der Waals surface area contributed by atoms with E-state index in [0.717, 1.165) is 15.7 Å². The van der Waals surface area contributed by atoms with E-state index in [-0.39, 0.29) is 29.5 Å². The summed E-state index contributed by atoms with van der Waals surface area (Å²) >= 11 is 9.07. The highest BCUT2D eigenvalue weighted by Gasteiger charge is 2.36. The molecule has 1 fully saturated rings. The topological polar surface area (TPSA) is 66.9 Å². The van der Waals surface area contributed by atoms with E-state index in [9.17, 15) is 13.2 Å². The number of piperidine rings is 1. The van der Waals surface area contributed by atoms with Gasteiger partial charge in [-0.1, -0.05) is 34.1 Å². The first-order valence-electron chi connectivity index (χ1n) is 7.83. The maximum absolute atomic E-state index is 12.3. The van der Waals surface area contributed by atoms with Gasteiger partial charge in [0.1, 0.15) is 6.61 Å². The zero-order valence-electron chi connectivity index (χ0n) is 13.5. The normalized spacial score (nSPS) is 19.4. The molecule has 2 aliphatic rings. The number of hydrogen-bond acceptors (Lipinski definition) is 4. The minimum Gasteiger partial charge on any atom is -0.444 e. The van der Waals surface area contributed by atoms with Crippen LogP contribution in [0.5, 0.6) is 0 Å². The SMILES string of the molecule is C=C(Cl)CS(=O)(=O)N1CCC(N2C(=O)OCc3cc(Br)ccc32)CC1. The van der Waals surface area contributed by atoms with E-state index >= 15 is 0 Å². The lowest BCUT2D eigenvalue weighted by Gasteiger charge is -2.39. The van der Waals surface area contributed by atoms with Crippen LogP contribution in [0.2, 0.25) is 0 Å². The van der Waals surface area contributed by atoms with Crippen LogP contribution in [-0.4, -0.2) is 43.7 Å². The van der Waals surface area contributed by atoms with Crippen LogP contribution in [-0.2, 0) is 21.4 Å². The molecule has 6 nitrogen and oxygen atoms in total. The third kappa shape index (κ3) is 4.02. The highest BCUT2D eigenvalue weighted by atomic mass is 79.9. The third-order valence-corrected chi connectivity index (χ3v) is 7.02. The van der Waals surface area contributed by atoms with Gasteiger partial charge in [0, 0.05) is 34.2 Å². The van der Waals surface area contributed by atoms with Gasteiger partial charge in [-0.05, 0) is 31.0 Å². The lowest BCUT2D eigenvalue weighted by Crippen LogP contribution is -2.50. The molecule has 0 aliphatic carbocycles. The maximum atomic E-state index is 12.3. The molecule has 0 N–H and O–H groups in total. The van der Waals surface area contributed by atoms with E-state index in [2.05, 4.69) is 22.5 Å². The van der Waals surface area contributed by atoms with Crippen LogP contribution in [0, 0.1) is 0 Å². The summed E-state index contributed by atoms with van der Waals surface area (Å²) in [7, 11) is -3.46. The fourth-order valence-electron chi connectivity index (χ4n) is 3.23. The molecule has 1 aromatic rings. The quantitative estimate of drug-likeness (QED) is 0.706.